The number of rotatable bonds is 8. The van der Waals surface area contributed by atoms with Crippen molar-refractivity contribution < 1.29 is 23.9 Å². The summed E-state index contributed by atoms with van der Waals surface area (Å²) in [6.07, 6.45) is 3.05. The molecule has 9 nitrogen and oxygen atoms in total. The van der Waals surface area contributed by atoms with Crippen LogP contribution in [0.25, 0.3) is 0 Å². The number of ether oxygens (including phenoxy) is 1. The lowest BCUT2D eigenvalue weighted by molar-refractivity contribution is -0.152. The van der Waals surface area contributed by atoms with Gasteiger partial charge in [-0.15, -0.1) is 0 Å². The van der Waals surface area contributed by atoms with Crippen LogP contribution in [0.2, 0.25) is 0 Å². The van der Waals surface area contributed by atoms with E-state index >= 15 is 0 Å². The van der Waals surface area contributed by atoms with E-state index in [0.29, 0.717) is 18.5 Å². The van der Waals surface area contributed by atoms with Gasteiger partial charge in [0.1, 0.15) is 6.54 Å². The van der Waals surface area contributed by atoms with Gasteiger partial charge in [-0.25, -0.2) is 0 Å². The van der Waals surface area contributed by atoms with Crippen molar-refractivity contribution in [1.29, 1.82) is 0 Å². The molecule has 0 atom stereocenters. The molecular weight excluding hydrogens is 388 g/mol. The van der Waals surface area contributed by atoms with Crippen molar-refractivity contribution in [2.24, 2.45) is 0 Å². The number of carbonyl (C=O) groups excluding carboxylic acids is 4. The number of amides is 3. The highest BCUT2D eigenvalue weighted by molar-refractivity contribution is 5.96. The van der Waals surface area contributed by atoms with Crippen LogP contribution in [-0.4, -0.2) is 61.4 Å². The van der Waals surface area contributed by atoms with Crippen LogP contribution in [0.1, 0.15) is 49.9 Å². The van der Waals surface area contributed by atoms with Crippen LogP contribution in [0, 0.1) is 0 Å². The molecule has 2 rings (SSSR count). The lowest BCUT2D eigenvalue weighted by Gasteiger charge is -2.21. The van der Waals surface area contributed by atoms with Crippen molar-refractivity contribution in [1.82, 2.24) is 15.8 Å². The quantitative estimate of drug-likeness (QED) is 0.486. The highest BCUT2D eigenvalue weighted by atomic mass is 16.5. The van der Waals surface area contributed by atoms with E-state index in [1.165, 1.54) is 4.90 Å². The maximum Gasteiger partial charge on any atom is 0.326 e. The molecule has 0 bridgehead atoms. The summed E-state index contributed by atoms with van der Waals surface area (Å²) >= 11 is 0. The zero-order valence-corrected chi connectivity index (χ0v) is 17.6. The third kappa shape index (κ3) is 7.06. The molecule has 0 saturated carbocycles. The Hall–Kier alpha value is -3.10. The molecule has 1 aromatic rings. The summed E-state index contributed by atoms with van der Waals surface area (Å²) in [6, 6.07) is 7.03. The number of nitrogens with zero attached hydrogens (tertiary/aromatic N) is 2. The second kappa shape index (κ2) is 11.8. The molecule has 1 aliphatic rings. The van der Waals surface area contributed by atoms with Gasteiger partial charge in [-0.3, -0.25) is 30.0 Å². The third-order valence-electron chi connectivity index (χ3n) is 4.93. The van der Waals surface area contributed by atoms with Gasteiger partial charge in [0.25, 0.3) is 11.8 Å². The molecule has 164 valence electrons. The second-order valence-corrected chi connectivity index (χ2v) is 7.01. The van der Waals surface area contributed by atoms with E-state index in [1.807, 2.05) is 12.1 Å². The summed E-state index contributed by atoms with van der Waals surface area (Å²) in [4.78, 5) is 51.3. The second-order valence-electron chi connectivity index (χ2n) is 7.01. The fraction of sp³-hybridized carbons (Fsp3) is 0.524. The van der Waals surface area contributed by atoms with Gasteiger partial charge in [-0.1, -0.05) is 6.42 Å². The van der Waals surface area contributed by atoms with Crippen LogP contribution in [-0.2, 0) is 19.1 Å². The summed E-state index contributed by atoms with van der Waals surface area (Å²) < 4.78 is 4.90. The maximum absolute atomic E-state index is 12.1. The van der Waals surface area contributed by atoms with Crippen molar-refractivity contribution >= 4 is 29.4 Å². The molecule has 9 heteroatoms. The Morgan fingerprint density at radius 2 is 1.73 bits per heavy atom. The van der Waals surface area contributed by atoms with Gasteiger partial charge in [0.05, 0.1) is 0 Å². The Labute approximate surface area is 176 Å². The average molecular weight is 418 g/mol. The van der Waals surface area contributed by atoms with Crippen molar-refractivity contribution in [3.8, 4) is 0 Å². The Morgan fingerprint density at radius 1 is 1.03 bits per heavy atom. The fourth-order valence-electron chi connectivity index (χ4n) is 3.20. The summed E-state index contributed by atoms with van der Waals surface area (Å²) in [6.45, 7) is 5.64. The zero-order chi connectivity index (χ0) is 21.9. The fourth-order valence-corrected chi connectivity index (χ4v) is 3.20. The number of likely N-dealkylation sites (tertiary alicyclic amines) is 1. The molecule has 3 amide bonds. The minimum atomic E-state index is -0.668. The first-order valence-corrected chi connectivity index (χ1v) is 10.3. The number of anilines is 1. The number of hydrogen-bond donors (Lipinski definition) is 2. The maximum atomic E-state index is 12.1. The molecule has 0 aromatic heterocycles. The van der Waals surface area contributed by atoms with Gasteiger partial charge in [-0.05, 0) is 51.0 Å². The van der Waals surface area contributed by atoms with E-state index in [4.69, 9.17) is 4.74 Å². The van der Waals surface area contributed by atoms with Crippen LogP contribution in [0.4, 0.5) is 5.69 Å². The lowest BCUT2D eigenvalue weighted by Crippen LogP contribution is -2.44. The zero-order valence-electron chi connectivity index (χ0n) is 17.6. The number of hydrazine groups is 1. The molecule has 1 aromatic carbocycles. The van der Waals surface area contributed by atoms with Crippen molar-refractivity contribution in [2.45, 2.75) is 39.5 Å². The SMILES string of the molecule is CCN(CC)c1ccc(C(=O)NNC(=O)COC(=O)CN2CCCCCC2=O)cc1. The number of hydrogen-bond acceptors (Lipinski definition) is 6. The molecule has 0 spiro atoms. The van der Waals surface area contributed by atoms with Crippen molar-refractivity contribution in [3.63, 3.8) is 0 Å². The van der Waals surface area contributed by atoms with Crippen molar-refractivity contribution in [2.75, 3.05) is 37.7 Å². The minimum Gasteiger partial charge on any atom is -0.454 e. The van der Waals surface area contributed by atoms with Crippen molar-refractivity contribution in [3.05, 3.63) is 29.8 Å². The first-order valence-electron chi connectivity index (χ1n) is 10.3. The van der Waals surface area contributed by atoms with Crippen LogP contribution in [0.3, 0.4) is 0 Å². The van der Waals surface area contributed by atoms with Gasteiger partial charge >= 0.3 is 5.97 Å². The molecule has 2 N–H and O–H groups in total. The van der Waals surface area contributed by atoms with Gasteiger partial charge in [0.2, 0.25) is 5.91 Å². The van der Waals surface area contributed by atoms with Crippen LogP contribution < -0.4 is 15.8 Å². The van der Waals surface area contributed by atoms with E-state index in [-0.39, 0.29) is 12.5 Å². The monoisotopic (exact) mass is 418 g/mol. The normalized spacial score (nSPS) is 13.9. The third-order valence-corrected chi connectivity index (χ3v) is 4.93. The lowest BCUT2D eigenvalue weighted by atomic mass is 10.2. The summed E-state index contributed by atoms with van der Waals surface area (Å²) in [5, 5.41) is 0. The van der Waals surface area contributed by atoms with Gasteiger partial charge < -0.3 is 14.5 Å². The standard InChI is InChI=1S/C21H30N4O5/c1-3-24(4-2)17-11-9-16(10-12-17)21(29)23-22-18(26)15-30-20(28)14-25-13-7-5-6-8-19(25)27/h9-12H,3-8,13-15H2,1-2H3,(H,22,26)(H,23,29). The smallest absolute Gasteiger partial charge is 0.326 e. The molecule has 0 radical (unpaired) electrons. The molecule has 0 unspecified atom stereocenters. The largest absolute Gasteiger partial charge is 0.454 e. The molecule has 1 saturated heterocycles. The summed E-state index contributed by atoms with van der Waals surface area (Å²) in [7, 11) is 0. The highest BCUT2D eigenvalue weighted by Crippen LogP contribution is 2.14. The van der Waals surface area contributed by atoms with Crippen LogP contribution >= 0.6 is 0 Å². The van der Waals surface area contributed by atoms with Gasteiger partial charge in [-0.2, -0.15) is 0 Å². The predicted octanol–water partition coefficient (Wildman–Crippen LogP) is 1.24. The van der Waals surface area contributed by atoms with Gasteiger partial charge in [0.15, 0.2) is 6.61 Å². The van der Waals surface area contributed by atoms with E-state index in [2.05, 4.69) is 29.6 Å². The van der Waals surface area contributed by atoms with Crippen LogP contribution in [0.5, 0.6) is 0 Å². The number of esters is 1. The molecule has 0 aliphatic carbocycles. The average Bonchev–Trinajstić information content (AvgIpc) is 2.96. The van der Waals surface area contributed by atoms with E-state index in [1.54, 1.807) is 12.1 Å². The van der Waals surface area contributed by atoms with E-state index in [9.17, 15) is 19.2 Å². The number of benzene rings is 1. The topological polar surface area (TPSA) is 108 Å². The summed E-state index contributed by atoms with van der Waals surface area (Å²) in [5.41, 5.74) is 5.90. The summed E-state index contributed by atoms with van der Waals surface area (Å²) in [5.74, 6) is -1.87. The van der Waals surface area contributed by atoms with Gasteiger partial charge in [0, 0.05) is 37.3 Å². The minimum absolute atomic E-state index is 0.0758. The Kier molecular flexibility index (Phi) is 9.11. The van der Waals surface area contributed by atoms with E-state index < -0.39 is 24.4 Å². The number of nitrogens with one attached hydrogen (secondary N) is 2. The highest BCUT2D eigenvalue weighted by Gasteiger charge is 2.20. The number of carbonyl (C=O) groups is 4. The predicted molar refractivity (Wildman–Crippen MR) is 112 cm³/mol. The first-order chi connectivity index (χ1) is 14.4. The Bertz CT molecular complexity index is 746. The van der Waals surface area contributed by atoms with E-state index in [0.717, 1.165) is 38.0 Å². The molecular formula is C21H30N4O5. The molecule has 30 heavy (non-hydrogen) atoms. The molecule has 1 fully saturated rings. The first kappa shape index (κ1) is 23.2. The molecule has 1 heterocycles. The van der Waals surface area contributed by atoms with Crippen LogP contribution in [0.15, 0.2) is 24.3 Å². The molecule has 1 aliphatic heterocycles. The Balaban J connectivity index is 1.72. The Morgan fingerprint density at radius 3 is 2.40 bits per heavy atom.